The van der Waals surface area contributed by atoms with Crippen molar-refractivity contribution in [2.24, 2.45) is 4.99 Å². The third-order valence-corrected chi connectivity index (χ3v) is 7.63. The summed E-state index contributed by atoms with van der Waals surface area (Å²) in [5.41, 5.74) is 1.33. The average molecular weight is 622 g/mol. The summed E-state index contributed by atoms with van der Waals surface area (Å²) in [6.45, 7) is 3.87. The summed E-state index contributed by atoms with van der Waals surface area (Å²) in [7, 11) is 2.96. The van der Waals surface area contributed by atoms with Gasteiger partial charge in [0, 0.05) is 20.6 Å². The molecule has 0 radical (unpaired) electrons. The van der Waals surface area contributed by atoms with Crippen LogP contribution in [0.2, 0.25) is 5.02 Å². The van der Waals surface area contributed by atoms with Gasteiger partial charge in [0.05, 0.1) is 36.6 Å². The van der Waals surface area contributed by atoms with Crippen LogP contribution in [-0.2, 0) is 9.53 Å². The fraction of sp³-hybridized carbons (Fsp3) is 0.296. The van der Waals surface area contributed by atoms with Crippen molar-refractivity contribution in [3.05, 3.63) is 81.9 Å². The highest BCUT2D eigenvalue weighted by atomic mass is 79.9. The van der Waals surface area contributed by atoms with Gasteiger partial charge in [-0.15, -0.1) is 0 Å². The number of methoxy groups -OCH3 is 2. The second-order valence-electron chi connectivity index (χ2n) is 8.35. The Bertz CT molecular complexity index is 1610. The van der Waals surface area contributed by atoms with E-state index in [1.807, 2.05) is 6.92 Å². The number of benzene rings is 2. The molecule has 0 spiro atoms. The van der Waals surface area contributed by atoms with Crippen LogP contribution in [0.5, 0.6) is 17.2 Å². The van der Waals surface area contributed by atoms with Crippen molar-refractivity contribution in [2.45, 2.75) is 32.7 Å². The smallest absolute Gasteiger partial charge is 0.338 e. The molecule has 1 atom stereocenters. The number of phenols is 1. The van der Waals surface area contributed by atoms with Crippen LogP contribution >= 0.6 is 38.9 Å². The Kier molecular flexibility index (Phi) is 8.64. The third-order valence-electron chi connectivity index (χ3n) is 5.95. The minimum atomic E-state index is -0.881. The lowest BCUT2D eigenvalue weighted by molar-refractivity contribution is -0.139. The number of fused-ring (bicyclic) bond motifs is 1. The van der Waals surface area contributed by atoms with E-state index in [2.05, 4.69) is 15.9 Å². The van der Waals surface area contributed by atoms with E-state index in [9.17, 15) is 14.7 Å². The van der Waals surface area contributed by atoms with Crippen molar-refractivity contribution in [3.63, 3.8) is 0 Å². The second-order valence-corrected chi connectivity index (χ2v) is 10.7. The van der Waals surface area contributed by atoms with Crippen LogP contribution in [0.15, 0.2) is 55.9 Å². The van der Waals surface area contributed by atoms with Gasteiger partial charge in [0.1, 0.15) is 11.8 Å². The largest absolute Gasteiger partial charge is 0.504 e. The summed E-state index contributed by atoms with van der Waals surface area (Å²) in [6, 6.07) is 7.48. The second kappa shape index (κ2) is 11.8. The van der Waals surface area contributed by atoms with Crippen molar-refractivity contribution in [1.82, 2.24) is 4.57 Å². The summed E-state index contributed by atoms with van der Waals surface area (Å²) in [6.07, 6.45) is 2.80. The Balaban J connectivity index is 2.07. The standard InChI is InChI=1S/C27H26BrClN2O6S/c1-5-7-18-22(26(34)37-6-2)23(17-13-16(29)8-9-19(17)35-3)31-25(33)21(38-27(31)30-18)11-14-10-15(28)12-20(36-4)24(14)32/h8-13,23,32H,5-7H2,1-4H3/b21-11+/t23-/m0/s1. The van der Waals surface area contributed by atoms with Crippen LogP contribution in [0.3, 0.4) is 0 Å². The molecule has 2 heterocycles. The molecule has 1 aromatic heterocycles. The van der Waals surface area contributed by atoms with Crippen LogP contribution in [0, 0.1) is 0 Å². The predicted molar refractivity (Wildman–Crippen MR) is 150 cm³/mol. The molecule has 0 unspecified atom stereocenters. The van der Waals surface area contributed by atoms with E-state index >= 15 is 0 Å². The van der Waals surface area contributed by atoms with Gasteiger partial charge in [-0.2, -0.15) is 0 Å². The minimum Gasteiger partial charge on any atom is -0.504 e. The zero-order valence-corrected chi connectivity index (χ0v) is 24.4. The number of esters is 1. The Morgan fingerprint density at radius 3 is 2.61 bits per heavy atom. The number of hydrogen-bond donors (Lipinski definition) is 1. The molecule has 0 saturated heterocycles. The van der Waals surface area contributed by atoms with E-state index in [4.69, 9.17) is 30.8 Å². The molecule has 8 nitrogen and oxygen atoms in total. The van der Waals surface area contributed by atoms with E-state index in [0.29, 0.717) is 47.8 Å². The maximum absolute atomic E-state index is 13.9. The van der Waals surface area contributed by atoms with E-state index in [0.717, 1.165) is 17.8 Å². The number of phenolic OH excluding ortho intramolecular Hbond substituents is 1. The lowest BCUT2D eigenvalue weighted by atomic mass is 9.93. The van der Waals surface area contributed by atoms with Crippen LogP contribution in [0.4, 0.5) is 0 Å². The summed E-state index contributed by atoms with van der Waals surface area (Å²) in [5, 5.41) is 11.1. The molecular formula is C27H26BrClN2O6S. The van der Waals surface area contributed by atoms with Gasteiger partial charge in [-0.25, -0.2) is 9.79 Å². The van der Waals surface area contributed by atoms with Crippen LogP contribution in [-0.4, -0.2) is 36.5 Å². The number of aromatic nitrogens is 1. The van der Waals surface area contributed by atoms with E-state index in [1.54, 1.807) is 43.3 Å². The maximum atomic E-state index is 13.9. The molecule has 0 aliphatic carbocycles. The fourth-order valence-corrected chi connectivity index (χ4v) is 5.98. The molecule has 3 aromatic rings. The molecule has 0 saturated carbocycles. The third kappa shape index (κ3) is 5.25. The maximum Gasteiger partial charge on any atom is 0.338 e. The van der Waals surface area contributed by atoms with Crippen molar-refractivity contribution in [3.8, 4) is 17.2 Å². The number of allylic oxidation sites excluding steroid dienone is 1. The molecule has 0 fully saturated rings. The summed E-state index contributed by atoms with van der Waals surface area (Å²) >= 11 is 10.9. The number of ether oxygens (including phenoxy) is 3. The van der Waals surface area contributed by atoms with Gasteiger partial charge in [-0.1, -0.05) is 52.2 Å². The first-order valence-electron chi connectivity index (χ1n) is 11.9. The average Bonchev–Trinajstić information content (AvgIpc) is 3.19. The number of halogens is 2. The molecule has 38 heavy (non-hydrogen) atoms. The van der Waals surface area contributed by atoms with Gasteiger partial charge in [-0.3, -0.25) is 9.36 Å². The predicted octanol–water partition coefficient (Wildman–Crippen LogP) is 4.72. The number of hydrogen-bond acceptors (Lipinski definition) is 8. The Morgan fingerprint density at radius 1 is 1.21 bits per heavy atom. The summed E-state index contributed by atoms with van der Waals surface area (Å²) in [4.78, 5) is 32.4. The Labute approximate surface area is 236 Å². The van der Waals surface area contributed by atoms with Crippen LogP contribution < -0.4 is 24.4 Å². The lowest BCUT2D eigenvalue weighted by Crippen LogP contribution is -2.40. The Morgan fingerprint density at radius 2 is 1.95 bits per heavy atom. The highest BCUT2D eigenvalue weighted by Gasteiger charge is 2.36. The molecular weight excluding hydrogens is 596 g/mol. The highest BCUT2D eigenvalue weighted by Crippen LogP contribution is 2.38. The first-order chi connectivity index (χ1) is 18.2. The molecule has 1 aliphatic heterocycles. The van der Waals surface area contributed by atoms with E-state index in [-0.39, 0.29) is 23.7 Å². The quantitative estimate of drug-likeness (QED) is 0.366. The highest BCUT2D eigenvalue weighted by molar-refractivity contribution is 9.10. The molecule has 0 bridgehead atoms. The summed E-state index contributed by atoms with van der Waals surface area (Å²) < 4.78 is 18.7. The molecule has 4 rings (SSSR count). The first-order valence-corrected chi connectivity index (χ1v) is 13.8. The fourth-order valence-electron chi connectivity index (χ4n) is 4.34. The number of thiazole rings is 1. The van der Waals surface area contributed by atoms with Crippen LogP contribution in [0.25, 0.3) is 6.08 Å². The zero-order valence-electron chi connectivity index (χ0n) is 21.2. The number of aromatic hydroxyl groups is 1. The van der Waals surface area contributed by atoms with Gasteiger partial charge >= 0.3 is 5.97 Å². The van der Waals surface area contributed by atoms with E-state index in [1.165, 1.54) is 18.8 Å². The van der Waals surface area contributed by atoms with Crippen LogP contribution in [0.1, 0.15) is 43.9 Å². The number of carbonyl (C=O) groups excluding carboxylic acids is 1. The minimum absolute atomic E-state index is 0.103. The molecule has 0 amide bonds. The SMILES string of the molecule is CCCC1=C(C(=O)OCC)[C@H](c2cc(Cl)ccc2OC)n2c(s/c(=C/c3cc(Br)cc(OC)c3O)c2=O)=N1. The molecule has 11 heteroatoms. The topological polar surface area (TPSA) is 99.4 Å². The Hall–Kier alpha value is -3.08. The van der Waals surface area contributed by atoms with Crippen molar-refractivity contribution >= 4 is 50.9 Å². The number of rotatable bonds is 8. The van der Waals surface area contributed by atoms with Gasteiger partial charge in [-0.05, 0) is 49.8 Å². The lowest BCUT2D eigenvalue weighted by Gasteiger charge is -2.27. The molecule has 2 aromatic carbocycles. The van der Waals surface area contributed by atoms with Gasteiger partial charge < -0.3 is 19.3 Å². The molecule has 1 N–H and O–H groups in total. The van der Waals surface area contributed by atoms with Gasteiger partial charge in [0.2, 0.25) is 0 Å². The number of carbonyl (C=O) groups is 1. The number of nitrogens with zero attached hydrogens (tertiary/aromatic N) is 2. The van der Waals surface area contributed by atoms with E-state index < -0.39 is 17.6 Å². The normalized spacial score (nSPS) is 15.2. The molecule has 1 aliphatic rings. The van der Waals surface area contributed by atoms with Gasteiger partial charge in [0.25, 0.3) is 5.56 Å². The zero-order chi connectivity index (χ0) is 27.6. The summed E-state index contributed by atoms with van der Waals surface area (Å²) in [5.74, 6) is 0.0570. The van der Waals surface area contributed by atoms with Gasteiger partial charge in [0.15, 0.2) is 16.3 Å². The van der Waals surface area contributed by atoms with Crippen molar-refractivity contribution < 1.29 is 24.1 Å². The first kappa shape index (κ1) is 27.9. The monoisotopic (exact) mass is 620 g/mol. The van der Waals surface area contributed by atoms with Crippen molar-refractivity contribution in [2.75, 3.05) is 20.8 Å². The molecule has 200 valence electrons. The van der Waals surface area contributed by atoms with Crippen molar-refractivity contribution in [1.29, 1.82) is 0 Å².